The Kier molecular flexibility index (Phi) is 4.23. The van der Waals surface area contributed by atoms with Crippen LogP contribution in [-0.4, -0.2) is 20.2 Å². The summed E-state index contributed by atoms with van der Waals surface area (Å²) in [4.78, 5) is 0.575. The van der Waals surface area contributed by atoms with Crippen molar-refractivity contribution in [2.24, 2.45) is 0 Å². The summed E-state index contributed by atoms with van der Waals surface area (Å²) in [5.41, 5.74) is -0.231. The van der Waals surface area contributed by atoms with Crippen LogP contribution in [0.3, 0.4) is 0 Å². The van der Waals surface area contributed by atoms with Crippen LogP contribution < -0.4 is 0 Å². The van der Waals surface area contributed by atoms with Gasteiger partial charge in [0.25, 0.3) is 5.79 Å². The maximum Gasteiger partial charge on any atom is 0.253 e. The Balaban J connectivity index is 2.17. The molecule has 1 heterocycles. The molecule has 0 amide bonds. The fourth-order valence-corrected chi connectivity index (χ4v) is 2.57. The average molecular weight is 354 g/mol. The summed E-state index contributed by atoms with van der Waals surface area (Å²) in [6.07, 6.45) is 0.964. The van der Waals surface area contributed by atoms with Gasteiger partial charge in [0.1, 0.15) is 0 Å². The van der Waals surface area contributed by atoms with Gasteiger partial charge in [-0.05, 0) is 35.0 Å². The molecule has 9 heteroatoms. The first-order valence-corrected chi connectivity index (χ1v) is 7.17. The Morgan fingerprint density at radius 1 is 0.920 bits per heavy atom. The van der Waals surface area contributed by atoms with Crippen LogP contribution in [0.5, 0.6) is 0 Å². The van der Waals surface area contributed by atoms with E-state index in [1.807, 2.05) is 0 Å². The van der Waals surface area contributed by atoms with Crippen LogP contribution in [0.2, 0.25) is 0 Å². The Bertz CT molecular complexity index is 900. The van der Waals surface area contributed by atoms with Crippen molar-refractivity contribution in [3.63, 3.8) is 0 Å². The van der Waals surface area contributed by atoms with Crippen LogP contribution >= 0.6 is 0 Å². The molecule has 25 heavy (non-hydrogen) atoms. The molecule has 4 nitrogen and oxygen atoms in total. The van der Waals surface area contributed by atoms with Gasteiger partial charge in [-0.3, -0.25) is 0 Å². The molecule has 0 fully saturated rings. The standard InChI is InChI=1S/C16H11F5N4/c1-9(10-2-4-12(17)14(19)6-10)16(21,25-23-8-22-24-25)11-3-5-13(18)15(20)7-11/h2-9H,1H3. The third kappa shape index (κ3) is 2.86. The number of aromatic nitrogens is 4. The Hall–Kier alpha value is -2.84. The second kappa shape index (κ2) is 6.23. The minimum Gasteiger partial charge on any atom is -0.210 e. The van der Waals surface area contributed by atoms with Crippen molar-refractivity contribution in [3.05, 3.63) is 77.1 Å². The molecule has 0 radical (unpaired) electrons. The topological polar surface area (TPSA) is 43.6 Å². The lowest BCUT2D eigenvalue weighted by molar-refractivity contribution is 0.0545. The average Bonchev–Trinajstić information content (AvgIpc) is 3.13. The van der Waals surface area contributed by atoms with Crippen molar-refractivity contribution in [2.45, 2.75) is 18.6 Å². The van der Waals surface area contributed by atoms with E-state index in [2.05, 4.69) is 15.4 Å². The maximum atomic E-state index is 16.0. The molecule has 3 aromatic rings. The molecule has 0 saturated carbocycles. The van der Waals surface area contributed by atoms with Crippen LogP contribution in [0.25, 0.3) is 0 Å². The summed E-state index contributed by atoms with van der Waals surface area (Å²) in [6.45, 7) is 1.36. The number of hydrogen-bond donors (Lipinski definition) is 0. The quantitative estimate of drug-likeness (QED) is 0.671. The summed E-state index contributed by atoms with van der Waals surface area (Å²) in [5, 5.41) is 10.6. The first kappa shape index (κ1) is 17.0. The fourth-order valence-electron chi connectivity index (χ4n) is 2.57. The molecular formula is C16H11F5N4. The van der Waals surface area contributed by atoms with Crippen LogP contribution in [0.4, 0.5) is 22.0 Å². The SMILES string of the molecule is CC(c1ccc(F)c(F)c1)C(F)(c1ccc(F)c(F)c1)n1ncnn1. The zero-order valence-corrected chi connectivity index (χ0v) is 12.8. The van der Waals surface area contributed by atoms with Crippen molar-refractivity contribution in [3.8, 4) is 0 Å². The molecule has 0 aliphatic heterocycles. The molecule has 0 spiro atoms. The monoisotopic (exact) mass is 354 g/mol. The summed E-state index contributed by atoms with van der Waals surface area (Å²) >= 11 is 0. The molecule has 2 unspecified atom stereocenters. The maximum absolute atomic E-state index is 16.0. The lowest BCUT2D eigenvalue weighted by atomic mass is 9.86. The van der Waals surface area contributed by atoms with Gasteiger partial charge in [-0.2, -0.15) is 0 Å². The predicted octanol–water partition coefficient (Wildman–Crippen LogP) is 3.70. The number of hydrogen-bond acceptors (Lipinski definition) is 3. The van der Waals surface area contributed by atoms with Gasteiger partial charge >= 0.3 is 0 Å². The number of halogens is 5. The van der Waals surface area contributed by atoms with Crippen LogP contribution in [0.15, 0.2) is 42.7 Å². The third-order valence-corrected chi connectivity index (χ3v) is 3.98. The van der Waals surface area contributed by atoms with Crippen molar-refractivity contribution in [1.29, 1.82) is 0 Å². The second-order valence-corrected chi connectivity index (χ2v) is 5.42. The number of tetrazole rings is 1. The van der Waals surface area contributed by atoms with Crippen LogP contribution in [0, 0.1) is 23.3 Å². The van der Waals surface area contributed by atoms with Gasteiger partial charge < -0.3 is 0 Å². The van der Waals surface area contributed by atoms with E-state index in [0.29, 0.717) is 10.9 Å². The molecule has 0 aliphatic carbocycles. The van der Waals surface area contributed by atoms with Gasteiger partial charge in [-0.25, -0.2) is 22.0 Å². The highest BCUT2D eigenvalue weighted by atomic mass is 19.2. The fraction of sp³-hybridized carbons (Fsp3) is 0.188. The zero-order chi connectivity index (χ0) is 18.2. The van der Waals surface area contributed by atoms with E-state index in [1.54, 1.807) is 0 Å². The van der Waals surface area contributed by atoms with Crippen molar-refractivity contribution in [1.82, 2.24) is 20.2 Å². The summed E-state index contributed by atoms with van der Waals surface area (Å²) in [5.74, 6) is -8.47. The largest absolute Gasteiger partial charge is 0.253 e. The molecule has 3 rings (SSSR count). The normalized spacial score (nSPS) is 15.0. The first-order chi connectivity index (χ1) is 11.8. The lowest BCUT2D eigenvalue weighted by Gasteiger charge is -2.31. The molecule has 2 aromatic carbocycles. The molecule has 0 N–H and O–H groups in total. The zero-order valence-electron chi connectivity index (χ0n) is 12.8. The van der Waals surface area contributed by atoms with Gasteiger partial charge in [0.2, 0.25) is 0 Å². The number of benzene rings is 2. The van der Waals surface area contributed by atoms with E-state index in [-0.39, 0.29) is 11.1 Å². The summed E-state index contributed by atoms with van der Waals surface area (Å²) in [7, 11) is 0. The molecular weight excluding hydrogens is 343 g/mol. The van der Waals surface area contributed by atoms with E-state index in [4.69, 9.17) is 0 Å². The van der Waals surface area contributed by atoms with Gasteiger partial charge in [-0.1, -0.05) is 19.1 Å². The number of rotatable bonds is 4. The van der Waals surface area contributed by atoms with Crippen LogP contribution in [0.1, 0.15) is 24.0 Å². The van der Waals surface area contributed by atoms with E-state index in [0.717, 1.165) is 30.6 Å². The van der Waals surface area contributed by atoms with Gasteiger partial charge in [0, 0.05) is 11.5 Å². The molecule has 0 aliphatic rings. The van der Waals surface area contributed by atoms with Crippen molar-refractivity contribution in [2.75, 3.05) is 0 Å². The van der Waals surface area contributed by atoms with E-state index in [9.17, 15) is 17.6 Å². The van der Waals surface area contributed by atoms with Gasteiger partial charge in [0.05, 0.1) is 0 Å². The highest BCUT2D eigenvalue weighted by Gasteiger charge is 2.44. The molecule has 0 bridgehead atoms. The molecule has 1 aromatic heterocycles. The number of alkyl halides is 1. The van der Waals surface area contributed by atoms with Crippen LogP contribution in [-0.2, 0) is 5.79 Å². The summed E-state index contributed by atoms with van der Waals surface area (Å²) < 4.78 is 69.5. The van der Waals surface area contributed by atoms with Crippen molar-refractivity contribution < 1.29 is 22.0 Å². The first-order valence-electron chi connectivity index (χ1n) is 7.17. The predicted molar refractivity (Wildman–Crippen MR) is 77.1 cm³/mol. The number of nitrogens with zero attached hydrogens (tertiary/aromatic N) is 4. The van der Waals surface area contributed by atoms with Crippen molar-refractivity contribution >= 4 is 0 Å². The molecule has 130 valence electrons. The molecule has 0 saturated heterocycles. The minimum atomic E-state index is -2.62. The Labute approximate surface area is 138 Å². The molecule has 2 atom stereocenters. The van der Waals surface area contributed by atoms with Gasteiger partial charge in [0.15, 0.2) is 29.6 Å². The van der Waals surface area contributed by atoms with E-state index >= 15 is 4.39 Å². The Morgan fingerprint density at radius 2 is 1.56 bits per heavy atom. The third-order valence-electron chi connectivity index (χ3n) is 3.98. The smallest absolute Gasteiger partial charge is 0.210 e. The summed E-state index contributed by atoms with van der Waals surface area (Å²) in [6, 6.07) is 5.31. The highest BCUT2D eigenvalue weighted by molar-refractivity contribution is 5.32. The van der Waals surface area contributed by atoms with E-state index < -0.39 is 35.0 Å². The van der Waals surface area contributed by atoms with E-state index in [1.165, 1.54) is 13.0 Å². The van der Waals surface area contributed by atoms with Gasteiger partial charge in [-0.15, -0.1) is 15.0 Å². The minimum absolute atomic E-state index is 0.0726. The highest BCUT2D eigenvalue weighted by Crippen LogP contribution is 2.41. The Morgan fingerprint density at radius 3 is 2.12 bits per heavy atom. The lowest BCUT2D eigenvalue weighted by Crippen LogP contribution is -2.38. The second-order valence-electron chi connectivity index (χ2n) is 5.42.